The second-order valence-corrected chi connectivity index (χ2v) is 9.35. The maximum atomic E-state index is 13.3. The monoisotopic (exact) mass is 444 g/mol. The molecule has 2 fully saturated rings. The molecule has 0 aromatic carbocycles. The minimum Gasteiger partial charge on any atom is -0.368 e. The highest BCUT2D eigenvalue weighted by atomic mass is 32.1. The zero-order valence-electron chi connectivity index (χ0n) is 17.5. The van der Waals surface area contributed by atoms with Crippen LogP contribution >= 0.6 is 11.3 Å². The number of Topliss-reactive ketones (excluding diaryl/α,β-unsaturated/α-hetero) is 1. The summed E-state index contributed by atoms with van der Waals surface area (Å²) < 4.78 is 6.33. The molecular formula is C22H26N3O5S+. The van der Waals surface area contributed by atoms with Crippen molar-refractivity contribution in [3.8, 4) is 10.4 Å². The predicted octanol–water partition coefficient (Wildman–Crippen LogP) is 1.65. The summed E-state index contributed by atoms with van der Waals surface area (Å²) in [5.41, 5.74) is 0.947. The summed E-state index contributed by atoms with van der Waals surface area (Å²) >= 11 is 1.50. The van der Waals surface area contributed by atoms with E-state index in [-0.39, 0.29) is 35.9 Å². The molecule has 2 N–H and O–H groups in total. The van der Waals surface area contributed by atoms with Crippen LogP contribution in [0.1, 0.15) is 37.0 Å². The first-order valence-electron chi connectivity index (χ1n) is 10.4. The van der Waals surface area contributed by atoms with Gasteiger partial charge >= 0.3 is 0 Å². The van der Waals surface area contributed by atoms with Crippen LogP contribution < -0.4 is 10.0 Å². The molecule has 8 nitrogen and oxygen atoms in total. The first-order valence-corrected chi connectivity index (χ1v) is 11.3. The van der Waals surface area contributed by atoms with E-state index in [9.17, 15) is 19.6 Å². The van der Waals surface area contributed by atoms with E-state index in [2.05, 4.69) is 5.32 Å². The number of ether oxygens (including phenoxy) is 1. The molecule has 0 radical (unpaired) electrons. The van der Waals surface area contributed by atoms with Crippen molar-refractivity contribution in [2.75, 3.05) is 13.2 Å². The molecule has 2 aromatic rings. The van der Waals surface area contributed by atoms with Crippen LogP contribution in [0.25, 0.3) is 10.4 Å². The number of pyridine rings is 1. The number of amides is 2. The van der Waals surface area contributed by atoms with Gasteiger partial charge < -0.3 is 15.0 Å². The van der Waals surface area contributed by atoms with Gasteiger partial charge in [-0.15, -0.1) is 11.3 Å². The smallest absolute Gasteiger partial charge is 0.258 e. The first kappa shape index (κ1) is 21.5. The number of hydrogen-bond acceptors (Lipinski definition) is 6. The van der Waals surface area contributed by atoms with Crippen molar-refractivity contribution in [3.63, 3.8) is 0 Å². The average Bonchev–Trinajstić information content (AvgIpc) is 3.46. The Morgan fingerprint density at radius 2 is 2.19 bits per heavy atom. The Labute approximate surface area is 184 Å². The minimum absolute atomic E-state index is 0.0341. The third-order valence-corrected chi connectivity index (χ3v) is 6.55. The maximum absolute atomic E-state index is 13.3. The van der Waals surface area contributed by atoms with Gasteiger partial charge in [-0.2, -0.15) is 0 Å². The summed E-state index contributed by atoms with van der Waals surface area (Å²) in [5, 5.41) is 14.8. The van der Waals surface area contributed by atoms with E-state index in [1.54, 1.807) is 11.0 Å². The lowest BCUT2D eigenvalue weighted by atomic mass is 10.0. The van der Waals surface area contributed by atoms with Crippen LogP contribution in [0.4, 0.5) is 0 Å². The van der Waals surface area contributed by atoms with Crippen molar-refractivity contribution in [2.24, 2.45) is 5.92 Å². The number of thiophene rings is 1. The minimum atomic E-state index is -0.766. The molecule has 0 bridgehead atoms. The molecule has 2 saturated heterocycles. The Bertz CT molecular complexity index is 991. The SMILES string of the molecule is CC(C)C[C@H](NC(=O)c1cc(-c2cccs2)c[n+](O)c1)C(=O)N1CC[C@H]2OCC(=O)[C@H]21. The number of hydrogen-bond donors (Lipinski definition) is 2. The lowest BCUT2D eigenvalue weighted by Gasteiger charge is -2.28. The Balaban J connectivity index is 1.55. The number of ketones is 1. The van der Waals surface area contributed by atoms with E-state index >= 15 is 0 Å². The van der Waals surface area contributed by atoms with Crippen molar-refractivity contribution >= 4 is 28.9 Å². The van der Waals surface area contributed by atoms with Gasteiger partial charge in [0.1, 0.15) is 24.3 Å². The Morgan fingerprint density at radius 3 is 2.90 bits per heavy atom. The number of fused-ring (bicyclic) bond motifs is 1. The van der Waals surface area contributed by atoms with Crippen molar-refractivity contribution in [3.05, 3.63) is 41.5 Å². The molecule has 9 heteroatoms. The first-order chi connectivity index (χ1) is 14.8. The highest BCUT2D eigenvalue weighted by Crippen LogP contribution is 2.28. The lowest BCUT2D eigenvalue weighted by Crippen LogP contribution is -2.52. The van der Waals surface area contributed by atoms with E-state index in [1.807, 2.05) is 31.4 Å². The summed E-state index contributed by atoms with van der Waals surface area (Å²) in [6.07, 6.45) is 3.65. The Hall–Kier alpha value is -2.78. The van der Waals surface area contributed by atoms with Crippen LogP contribution in [0.3, 0.4) is 0 Å². The number of likely N-dealkylation sites (tertiary alicyclic amines) is 1. The molecule has 31 heavy (non-hydrogen) atoms. The van der Waals surface area contributed by atoms with Crippen molar-refractivity contribution < 1.29 is 29.1 Å². The van der Waals surface area contributed by atoms with Crippen molar-refractivity contribution in [1.82, 2.24) is 10.2 Å². The quantitative estimate of drug-likeness (QED) is 0.521. The van der Waals surface area contributed by atoms with Gasteiger partial charge in [0.05, 0.1) is 11.7 Å². The molecule has 0 unspecified atom stereocenters. The topological polar surface area (TPSA) is 99.8 Å². The standard InChI is InChI=1S/C22H25N3O5S/c1-13(2)8-16(22(28)25-6-5-18-20(25)17(26)12-30-18)23-21(27)15-9-14(10-24(29)11-15)19-4-3-7-31-19/h3-4,7,9-11,13,16,18,20H,5-6,8,12H2,1-2H3,(H-,23,27,29)/p+1/t16-,18+,20+/m0/s1. The van der Waals surface area contributed by atoms with Gasteiger partial charge in [0.25, 0.3) is 5.91 Å². The van der Waals surface area contributed by atoms with E-state index < -0.39 is 18.0 Å². The molecule has 4 heterocycles. The van der Waals surface area contributed by atoms with E-state index in [4.69, 9.17) is 4.74 Å². The highest BCUT2D eigenvalue weighted by Gasteiger charge is 2.48. The average molecular weight is 445 g/mol. The van der Waals surface area contributed by atoms with Gasteiger partial charge in [0.2, 0.25) is 18.3 Å². The van der Waals surface area contributed by atoms with Gasteiger partial charge in [-0.05, 0) is 36.3 Å². The maximum Gasteiger partial charge on any atom is 0.258 e. The molecule has 2 aromatic heterocycles. The normalized spacial score (nSPS) is 21.4. The third-order valence-electron chi connectivity index (χ3n) is 5.63. The van der Waals surface area contributed by atoms with Crippen molar-refractivity contribution in [2.45, 2.75) is 44.9 Å². The lowest BCUT2D eigenvalue weighted by molar-refractivity contribution is -0.904. The third kappa shape index (κ3) is 4.47. The Kier molecular flexibility index (Phi) is 6.06. The highest BCUT2D eigenvalue weighted by molar-refractivity contribution is 7.13. The van der Waals surface area contributed by atoms with E-state index in [1.165, 1.54) is 23.7 Å². The number of carbonyl (C=O) groups is 3. The second-order valence-electron chi connectivity index (χ2n) is 8.41. The van der Waals surface area contributed by atoms with Crippen LogP contribution in [-0.4, -0.2) is 59.0 Å². The fourth-order valence-corrected chi connectivity index (χ4v) is 4.95. The van der Waals surface area contributed by atoms with Gasteiger partial charge in [-0.3, -0.25) is 19.6 Å². The zero-order chi connectivity index (χ0) is 22.1. The molecule has 2 aliphatic heterocycles. The fourth-order valence-electron chi connectivity index (χ4n) is 4.24. The fraction of sp³-hybridized carbons (Fsp3) is 0.455. The molecule has 0 aliphatic carbocycles. The van der Waals surface area contributed by atoms with Gasteiger partial charge in [0.15, 0.2) is 5.78 Å². The Morgan fingerprint density at radius 1 is 1.39 bits per heavy atom. The van der Waals surface area contributed by atoms with Crippen molar-refractivity contribution in [1.29, 1.82) is 0 Å². The van der Waals surface area contributed by atoms with Crippen LogP contribution in [0.15, 0.2) is 36.0 Å². The summed E-state index contributed by atoms with van der Waals surface area (Å²) in [6, 6.07) is 4.16. The molecule has 0 spiro atoms. The number of nitrogens with zero attached hydrogens (tertiary/aromatic N) is 2. The van der Waals surface area contributed by atoms with Gasteiger partial charge in [-0.1, -0.05) is 19.9 Å². The molecule has 2 aliphatic rings. The zero-order valence-corrected chi connectivity index (χ0v) is 18.3. The number of rotatable bonds is 6. The summed E-state index contributed by atoms with van der Waals surface area (Å²) in [5.74, 6) is -0.650. The van der Waals surface area contributed by atoms with Crippen LogP contribution in [0.5, 0.6) is 0 Å². The molecular weight excluding hydrogens is 418 g/mol. The summed E-state index contributed by atoms with van der Waals surface area (Å²) in [4.78, 5) is 41.0. The number of aromatic nitrogens is 1. The van der Waals surface area contributed by atoms with Gasteiger partial charge in [0, 0.05) is 16.2 Å². The summed E-state index contributed by atoms with van der Waals surface area (Å²) in [6.45, 7) is 4.42. The second kappa shape index (κ2) is 8.76. The molecule has 0 saturated carbocycles. The van der Waals surface area contributed by atoms with Crippen LogP contribution in [0, 0.1) is 5.92 Å². The van der Waals surface area contributed by atoms with Crippen LogP contribution in [-0.2, 0) is 14.3 Å². The number of nitrogens with one attached hydrogen (secondary N) is 1. The summed E-state index contributed by atoms with van der Waals surface area (Å²) in [7, 11) is 0. The predicted molar refractivity (Wildman–Crippen MR) is 113 cm³/mol. The molecule has 2 amide bonds. The molecule has 164 valence electrons. The van der Waals surface area contributed by atoms with E-state index in [0.717, 1.165) is 9.61 Å². The van der Waals surface area contributed by atoms with Gasteiger partial charge in [-0.25, -0.2) is 0 Å². The molecule has 4 rings (SSSR count). The number of carbonyl (C=O) groups excluding carboxylic acids is 3. The molecule has 3 atom stereocenters. The van der Waals surface area contributed by atoms with E-state index in [0.29, 0.717) is 24.9 Å². The van der Waals surface area contributed by atoms with Crippen LogP contribution in [0.2, 0.25) is 0 Å². The largest absolute Gasteiger partial charge is 0.368 e.